The first-order valence-corrected chi connectivity index (χ1v) is 11.5. The maximum absolute atomic E-state index is 14.0. The SMILES string of the molecule is COc1ccc(C(=O)N2c3ccccc3N=C(c3ccc(OC)cc3)C[C@@H]2c2ccccc2)cc1. The van der Waals surface area contributed by atoms with Gasteiger partial charge in [0.2, 0.25) is 0 Å². The van der Waals surface area contributed by atoms with Crippen LogP contribution in [0.1, 0.15) is 33.9 Å². The topological polar surface area (TPSA) is 51.1 Å². The number of rotatable bonds is 5. The highest BCUT2D eigenvalue weighted by Crippen LogP contribution is 2.41. The fourth-order valence-electron chi connectivity index (χ4n) is 4.43. The van der Waals surface area contributed by atoms with E-state index in [9.17, 15) is 4.79 Å². The number of benzene rings is 4. The van der Waals surface area contributed by atoms with Crippen molar-refractivity contribution in [3.8, 4) is 11.5 Å². The molecule has 0 unspecified atom stereocenters. The average Bonchev–Trinajstić information content (AvgIpc) is 3.10. The van der Waals surface area contributed by atoms with E-state index in [2.05, 4.69) is 12.1 Å². The summed E-state index contributed by atoms with van der Waals surface area (Å²) in [6.07, 6.45) is 0.562. The van der Waals surface area contributed by atoms with Crippen LogP contribution in [0.25, 0.3) is 0 Å². The van der Waals surface area contributed by atoms with Gasteiger partial charge in [0.1, 0.15) is 11.5 Å². The van der Waals surface area contributed by atoms with E-state index in [4.69, 9.17) is 14.5 Å². The minimum Gasteiger partial charge on any atom is -0.497 e. The summed E-state index contributed by atoms with van der Waals surface area (Å²) in [4.78, 5) is 21.0. The molecular formula is C30H26N2O3. The lowest BCUT2D eigenvalue weighted by atomic mass is 9.95. The predicted octanol–water partition coefficient (Wildman–Crippen LogP) is 6.62. The highest BCUT2D eigenvalue weighted by atomic mass is 16.5. The maximum atomic E-state index is 14.0. The van der Waals surface area contributed by atoms with Crippen LogP contribution in [0.2, 0.25) is 0 Å². The smallest absolute Gasteiger partial charge is 0.258 e. The van der Waals surface area contributed by atoms with Gasteiger partial charge in [0.05, 0.1) is 37.3 Å². The van der Waals surface area contributed by atoms with Gasteiger partial charge in [0, 0.05) is 12.0 Å². The normalized spacial score (nSPS) is 15.0. The van der Waals surface area contributed by atoms with Crippen LogP contribution in [0.3, 0.4) is 0 Å². The van der Waals surface area contributed by atoms with E-state index in [0.29, 0.717) is 17.7 Å². The van der Waals surface area contributed by atoms with Crippen molar-refractivity contribution in [3.63, 3.8) is 0 Å². The van der Waals surface area contributed by atoms with E-state index in [0.717, 1.165) is 34.0 Å². The van der Waals surface area contributed by atoms with Crippen LogP contribution in [-0.4, -0.2) is 25.8 Å². The van der Waals surface area contributed by atoms with Crippen molar-refractivity contribution in [2.75, 3.05) is 19.1 Å². The Balaban J connectivity index is 1.65. The first-order chi connectivity index (χ1) is 17.2. The highest BCUT2D eigenvalue weighted by molar-refractivity contribution is 6.11. The Bertz CT molecular complexity index is 1350. The number of hydrogen-bond donors (Lipinski definition) is 0. The minimum atomic E-state index is -0.240. The zero-order valence-corrected chi connectivity index (χ0v) is 19.7. The second-order valence-corrected chi connectivity index (χ2v) is 8.31. The molecule has 35 heavy (non-hydrogen) atoms. The van der Waals surface area contributed by atoms with Crippen molar-refractivity contribution < 1.29 is 14.3 Å². The second kappa shape index (κ2) is 9.85. The fraction of sp³-hybridized carbons (Fsp3) is 0.133. The number of amides is 1. The zero-order valence-electron chi connectivity index (χ0n) is 19.7. The first-order valence-electron chi connectivity index (χ1n) is 11.5. The molecule has 5 nitrogen and oxygen atoms in total. The molecule has 5 rings (SSSR count). The quantitative estimate of drug-likeness (QED) is 0.335. The standard InChI is InChI=1S/C30H26N2O3/c1-34-24-16-12-21(13-17-24)27-20-29(22-8-4-3-5-9-22)32(28-11-7-6-10-26(28)31-27)30(33)23-14-18-25(35-2)19-15-23/h3-19,29H,20H2,1-2H3/t29-/m1/s1. The molecule has 0 bridgehead atoms. The van der Waals surface area contributed by atoms with Crippen molar-refractivity contribution in [3.05, 3.63) is 120 Å². The highest BCUT2D eigenvalue weighted by Gasteiger charge is 2.33. The third kappa shape index (κ3) is 4.53. The number of hydrogen-bond acceptors (Lipinski definition) is 4. The summed E-state index contributed by atoms with van der Waals surface area (Å²) in [6.45, 7) is 0. The summed E-state index contributed by atoms with van der Waals surface area (Å²) in [5, 5.41) is 0. The lowest BCUT2D eigenvalue weighted by Gasteiger charge is -2.32. The first kappa shape index (κ1) is 22.4. The molecule has 4 aromatic carbocycles. The molecule has 174 valence electrons. The fourth-order valence-corrected chi connectivity index (χ4v) is 4.43. The van der Waals surface area contributed by atoms with E-state index in [-0.39, 0.29) is 11.9 Å². The van der Waals surface area contributed by atoms with Gasteiger partial charge in [0.15, 0.2) is 0 Å². The van der Waals surface area contributed by atoms with Gasteiger partial charge in [0.25, 0.3) is 5.91 Å². The van der Waals surface area contributed by atoms with Crippen molar-refractivity contribution >= 4 is 23.0 Å². The van der Waals surface area contributed by atoms with E-state index in [1.54, 1.807) is 14.2 Å². The number of aliphatic imine (C=N–C) groups is 1. The third-order valence-corrected chi connectivity index (χ3v) is 6.26. The van der Waals surface area contributed by atoms with Crippen LogP contribution in [-0.2, 0) is 0 Å². The molecule has 0 aromatic heterocycles. The molecule has 1 aliphatic heterocycles. The van der Waals surface area contributed by atoms with Crippen LogP contribution in [0.5, 0.6) is 11.5 Å². The molecule has 1 aliphatic rings. The minimum absolute atomic E-state index is 0.0832. The Hall–Kier alpha value is -4.38. The van der Waals surface area contributed by atoms with Crippen LogP contribution in [0.4, 0.5) is 11.4 Å². The summed E-state index contributed by atoms with van der Waals surface area (Å²) in [7, 11) is 3.27. The Morgan fingerprint density at radius 2 is 1.37 bits per heavy atom. The number of carbonyl (C=O) groups excluding carboxylic acids is 1. The van der Waals surface area contributed by atoms with Gasteiger partial charge < -0.3 is 9.47 Å². The van der Waals surface area contributed by atoms with Crippen LogP contribution >= 0.6 is 0 Å². The average molecular weight is 463 g/mol. The number of para-hydroxylation sites is 2. The summed E-state index contributed by atoms with van der Waals surface area (Å²) in [6, 6.07) is 32.9. The molecule has 0 saturated carbocycles. The van der Waals surface area contributed by atoms with E-state index in [1.807, 2.05) is 95.9 Å². The molecule has 0 saturated heterocycles. The molecule has 0 fully saturated rings. The molecule has 5 heteroatoms. The third-order valence-electron chi connectivity index (χ3n) is 6.26. The monoisotopic (exact) mass is 462 g/mol. The summed E-state index contributed by atoms with van der Waals surface area (Å²) in [5.74, 6) is 1.42. The van der Waals surface area contributed by atoms with Gasteiger partial charge in [-0.25, -0.2) is 0 Å². The Labute approximate surface area is 205 Å². The van der Waals surface area contributed by atoms with Crippen molar-refractivity contribution in [1.29, 1.82) is 0 Å². The molecule has 0 N–H and O–H groups in total. The molecular weight excluding hydrogens is 436 g/mol. The number of methoxy groups -OCH3 is 2. The van der Waals surface area contributed by atoms with Crippen molar-refractivity contribution in [2.45, 2.75) is 12.5 Å². The van der Waals surface area contributed by atoms with Crippen LogP contribution < -0.4 is 14.4 Å². The molecule has 4 aromatic rings. The number of carbonyl (C=O) groups is 1. The molecule has 0 aliphatic carbocycles. The lowest BCUT2D eigenvalue weighted by Crippen LogP contribution is -2.35. The number of nitrogens with zero attached hydrogens (tertiary/aromatic N) is 2. The Kier molecular flexibility index (Phi) is 6.31. The zero-order chi connectivity index (χ0) is 24.2. The summed E-state index contributed by atoms with van der Waals surface area (Å²) < 4.78 is 10.6. The van der Waals surface area contributed by atoms with Crippen molar-refractivity contribution in [1.82, 2.24) is 0 Å². The molecule has 1 heterocycles. The Morgan fingerprint density at radius 3 is 2.03 bits per heavy atom. The van der Waals surface area contributed by atoms with E-state index >= 15 is 0 Å². The van der Waals surface area contributed by atoms with Crippen molar-refractivity contribution in [2.24, 2.45) is 4.99 Å². The van der Waals surface area contributed by atoms with Crippen LogP contribution in [0, 0.1) is 0 Å². The number of fused-ring (bicyclic) bond motifs is 1. The van der Waals surface area contributed by atoms with Gasteiger partial charge in [-0.15, -0.1) is 0 Å². The number of ether oxygens (including phenoxy) is 2. The van der Waals surface area contributed by atoms with Gasteiger partial charge in [-0.05, 0) is 71.8 Å². The largest absolute Gasteiger partial charge is 0.497 e. The van der Waals surface area contributed by atoms with Gasteiger partial charge >= 0.3 is 0 Å². The summed E-state index contributed by atoms with van der Waals surface area (Å²) in [5.41, 5.74) is 5.10. The lowest BCUT2D eigenvalue weighted by molar-refractivity contribution is 0.0977. The molecule has 1 atom stereocenters. The van der Waals surface area contributed by atoms with Gasteiger partial charge in [-0.1, -0.05) is 42.5 Å². The maximum Gasteiger partial charge on any atom is 0.258 e. The van der Waals surface area contributed by atoms with Crippen LogP contribution in [0.15, 0.2) is 108 Å². The van der Waals surface area contributed by atoms with Gasteiger partial charge in [-0.3, -0.25) is 14.7 Å². The molecule has 0 radical (unpaired) electrons. The molecule has 0 spiro atoms. The van der Waals surface area contributed by atoms with Gasteiger partial charge in [-0.2, -0.15) is 0 Å². The summed E-state index contributed by atoms with van der Waals surface area (Å²) >= 11 is 0. The Morgan fingerprint density at radius 1 is 0.771 bits per heavy atom. The van der Waals surface area contributed by atoms with E-state index in [1.165, 1.54) is 0 Å². The molecule has 1 amide bonds. The number of anilines is 1. The van der Waals surface area contributed by atoms with E-state index < -0.39 is 0 Å². The second-order valence-electron chi connectivity index (χ2n) is 8.31. The predicted molar refractivity (Wildman–Crippen MR) is 139 cm³/mol.